The van der Waals surface area contributed by atoms with Gasteiger partial charge in [0.15, 0.2) is 0 Å². The molecule has 0 aliphatic rings. The number of thioether (sulfide) groups is 1. The van der Waals surface area contributed by atoms with E-state index in [1.54, 1.807) is 18.4 Å². The summed E-state index contributed by atoms with van der Waals surface area (Å²) in [5.74, 6) is 0.917. The molecule has 4 heteroatoms. The van der Waals surface area contributed by atoms with Crippen LogP contribution in [0.1, 0.15) is 24.2 Å². The van der Waals surface area contributed by atoms with Crippen LogP contribution >= 0.6 is 23.1 Å². The third-order valence-corrected chi connectivity index (χ3v) is 5.51. The molecular formula is C15H19NOS2. The van der Waals surface area contributed by atoms with E-state index in [9.17, 15) is 0 Å². The maximum Gasteiger partial charge on any atom is 0.123 e. The molecule has 0 aliphatic carbocycles. The Balaban J connectivity index is 2.31. The van der Waals surface area contributed by atoms with Crippen LogP contribution in [0, 0.1) is 0 Å². The lowest BCUT2D eigenvalue weighted by Gasteiger charge is -2.24. The van der Waals surface area contributed by atoms with E-state index in [1.165, 1.54) is 9.77 Å². The molecule has 0 saturated carbocycles. The van der Waals surface area contributed by atoms with E-state index >= 15 is 0 Å². The summed E-state index contributed by atoms with van der Waals surface area (Å²) in [6.45, 7) is 2.13. The van der Waals surface area contributed by atoms with Crippen LogP contribution in [-0.2, 0) is 0 Å². The van der Waals surface area contributed by atoms with Crippen molar-refractivity contribution in [3.63, 3.8) is 0 Å². The lowest BCUT2D eigenvalue weighted by Crippen LogP contribution is -2.25. The van der Waals surface area contributed by atoms with Crippen molar-refractivity contribution in [2.75, 3.05) is 7.11 Å². The first kappa shape index (κ1) is 14.4. The van der Waals surface area contributed by atoms with Crippen LogP contribution in [0.4, 0.5) is 0 Å². The van der Waals surface area contributed by atoms with E-state index in [2.05, 4.69) is 30.5 Å². The number of para-hydroxylation sites is 1. The third kappa shape index (κ3) is 3.53. The lowest BCUT2D eigenvalue weighted by atomic mass is 10.0. The molecule has 0 spiro atoms. The van der Waals surface area contributed by atoms with Crippen LogP contribution < -0.4 is 10.5 Å². The topological polar surface area (TPSA) is 35.2 Å². The number of benzene rings is 1. The molecule has 0 aliphatic heterocycles. The van der Waals surface area contributed by atoms with Gasteiger partial charge in [-0.05, 0) is 23.9 Å². The molecule has 1 heterocycles. The number of ether oxygens (including phenoxy) is 1. The molecule has 2 aromatic rings. The monoisotopic (exact) mass is 293 g/mol. The molecule has 2 rings (SSSR count). The summed E-state index contributed by atoms with van der Waals surface area (Å²) in [5, 5.41) is 2.32. The summed E-state index contributed by atoms with van der Waals surface area (Å²) in [4.78, 5) is 0. The van der Waals surface area contributed by atoms with Gasteiger partial charge in [-0.25, -0.2) is 0 Å². The number of thiophene rings is 1. The van der Waals surface area contributed by atoms with Crippen LogP contribution in [-0.4, -0.2) is 13.2 Å². The molecule has 2 N–H and O–H groups in total. The Bertz CT molecular complexity index is 499. The molecule has 2 unspecified atom stereocenters. The summed E-state index contributed by atoms with van der Waals surface area (Å²) in [5.41, 5.74) is 7.50. The molecule has 0 fully saturated rings. The van der Waals surface area contributed by atoms with Crippen molar-refractivity contribution >= 4 is 23.1 Å². The molecule has 0 radical (unpaired) electrons. The van der Waals surface area contributed by atoms with Gasteiger partial charge in [0, 0.05) is 11.6 Å². The zero-order valence-electron chi connectivity index (χ0n) is 11.2. The van der Waals surface area contributed by atoms with Crippen molar-refractivity contribution in [2.24, 2.45) is 5.73 Å². The van der Waals surface area contributed by atoms with Crippen LogP contribution in [0.2, 0.25) is 0 Å². The predicted octanol–water partition coefficient (Wildman–Crippen LogP) is 4.33. The number of nitrogens with two attached hydrogens (primary N) is 1. The third-order valence-electron chi connectivity index (χ3n) is 3.04. The van der Waals surface area contributed by atoms with Crippen molar-refractivity contribution in [1.82, 2.24) is 0 Å². The Morgan fingerprint density at radius 2 is 2.05 bits per heavy atom. The van der Waals surface area contributed by atoms with Gasteiger partial charge >= 0.3 is 0 Å². The zero-order valence-corrected chi connectivity index (χ0v) is 12.8. The Morgan fingerprint density at radius 3 is 2.68 bits per heavy atom. The van der Waals surface area contributed by atoms with Gasteiger partial charge in [0.25, 0.3) is 0 Å². The molecule has 19 heavy (non-hydrogen) atoms. The quantitative estimate of drug-likeness (QED) is 0.805. The minimum Gasteiger partial charge on any atom is -0.496 e. The Labute approximate surface area is 123 Å². The molecular weight excluding hydrogens is 274 g/mol. The maximum absolute atomic E-state index is 6.32. The van der Waals surface area contributed by atoms with E-state index in [0.29, 0.717) is 0 Å². The molecule has 0 bridgehead atoms. The molecule has 0 amide bonds. The van der Waals surface area contributed by atoms with Crippen LogP contribution in [0.3, 0.4) is 0 Å². The van der Waals surface area contributed by atoms with Gasteiger partial charge in [-0.1, -0.05) is 31.2 Å². The highest BCUT2D eigenvalue weighted by molar-refractivity contribution is 8.01. The van der Waals surface area contributed by atoms with Gasteiger partial charge in [0.2, 0.25) is 0 Å². The molecule has 2 nitrogen and oxygen atoms in total. The van der Waals surface area contributed by atoms with Crippen LogP contribution in [0.5, 0.6) is 5.75 Å². The van der Waals surface area contributed by atoms with E-state index < -0.39 is 0 Å². The summed E-state index contributed by atoms with van der Waals surface area (Å²) < 4.78 is 6.77. The minimum absolute atomic E-state index is 0.114. The smallest absolute Gasteiger partial charge is 0.123 e. The predicted molar refractivity (Wildman–Crippen MR) is 84.2 cm³/mol. The van der Waals surface area contributed by atoms with Gasteiger partial charge in [0.05, 0.1) is 16.6 Å². The number of rotatable bonds is 6. The Morgan fingerprint density at radius 1 is 1.26 bits per heavy atom. The lowest BCUT2D eigenvalue weighted by molar-refractivity contribution is 0.407. The van der Waals surface area contributed by atoms with Crippen molar-refractivity contribution in [3.8, 4) is 5.75 Å². The van der Waals surface area contributed by atoms with Crippen molar-refractivity contribution in [3.05, 3.63) is 47.3 Å². The zero-order chi connectivity index (χ0) is 13.7. The average molecular weight is 293 g/mol. The fourth-order valence-corrected chi connectivity index (χ4v) is 4.20. The first-order valence-electron chi connectivity index (χ1n) is 6.35. The molecule has 1 aromatic heterocycles. The molecule has 0 saturated heterocycles. The second-order valence-electron chi connectivity index (χ2n) is 4.28. The first-order chi connectivity index (χ1) is 9.26. The van der Waals surface area contributed by atoms with Gasteiger partial charge in [-0.15, -0.1) is 23.1 Å². The summed E-state index contributed by atoms with van der Waals surface area (Å²) in [6.07, 6.45) is 0.946. The Kier molecular flexibility index (Phi) is 5.31. The largest absolute Gasteiger partial charge is 0.496 e. The number of hydrogen-bond donors (Lipinski definition) is 1. The summed E-state index contributed by atoms with van der Waals surface area (Å²) >= 11 is 3.58. The second kappa shape index (κ2) is 6.98. The Hall–Kier alpha value is -0.970. The van der Waals surface area contributed by atoms with E-state index in [1.807, 2.05) is 30.0 Å². The van der Waals surface area contributed by atoms with Crippen LogP contribution in [0.25, 0.3) is 0 Å². The maximum atomic E-state index is 6.32. The number of hydrogen-bond acceptors (Lipinski definition) is 4. The summed E-state index contributed by atoms with van der Waals surface area (Å²) in [7, 11) is 1.71. The first-order valence-corrected chi connectivity index (χ1v) is 8.10. The van der Waals surface area contributed by atoms with Gasteiger partial charge in [-0.3, -0.25) is 0 Å². The van der Waals surface area contributed by atoms with Crippen LogP contribution in [0.15, 0.2) is 46.0 Å². The van der Waals surface area contributed by atoms with Gasteiger partial charge < -0.3 is 10.5 Å². The molecule has 1 aromatic carbocycles. The SMILES string of the molecule is CCC(N)C(Sc1cccs1)c1ccccc1OC. The number of methoxy groups -OCH3 is 1. The standard InChI is InChI=1S/C15H19NOS2/c1-3-12(16)15(19-14-9-6-10-18-14)11-7-4-5-8-13(11)17-2/h4-10,12,15H,3,16H2,1-2H3. The highest BCUT2D eigenvalue weighted by Crippen LogP contribution is 2.43. The van der Waals surface area contributed by atoms with Gasteiger partial charge in [0.1, 0.15) is 5.75 Å². The van der Waals surface area contributed by atoms with Crippen molar-refractivity contribution in [2.45, 2.75) is 28.8 Å². The normalized spacial score (nSPS) is 14.1. The highest BCUT2D eigenvalue weighted by Gasteiger charge is 2.23. The average Bonchev–Trinajstić information content (AvgIpc) is 2.97. The van der Waals surface area contributed by atoms with Crippen molar-refractivity contribution < 1.29 is 4.74 Å². The fourth-order valence-electron chi connectivity index (χ4n) is 1.95. The summed E-state index contributed by atoms with van der Waals surface area (Å²) in [6, 6.07) is 12.5. The minimum atomic E-state index is 0.114. The van der Waals surface area contributed by atoms with E-state index in [-0.39, 0.29) is 11.3 Å². The fraction of sp³-hybridized carbons (Fsp3) is 0.333. The van der Waals surface area contributed by atoms with E-state index in [0.717, 1.165) is 12.2 Å². The van der Waals surface area contributed by atoms with Gasteiger partial charge in [-0.2, -0.15) is 0 Å². The molecule has 2 atom stereocenters. The van der Waals surface area contributed by atoms with E-state index in [4.69, 9.17) is 10.5 Å². The highest BCUT2D eigenvalue weighted by atomic mass is 32.2. The van der Waals surface area contributed by atoms with Crippen molar-refractivity contribution in [1.29, 1.82) is 0 Å². The second-order valence-corrected chi connectivity index (χ2v) is 6.67. The molecule has 102 valence electrons.